The van der Waals surface area contributed by atoms with Gasteiger partial charge in [0.25, 0.3) is 5.91 Å². The molecule has 0 saturated carbocycles. The summed E-state index contributed by atoms with van der Waals surface area (Å²) in [6.07, 6.45) is 0. The Morgan fingerprint density at radius 3 is 2.45 bits per heavy atom. The summed E-state index contributed by atoms with van der Waals surface area (Å²) in [6.45, 7) is 2.01. The number of hydrogen-bond acceptors (Lipinski definition) is 3. The van der Waals surface area contributed by atoms with Crippen molar-refractivity contribution in [1.82, 2.24) is 4.72 Å². The predicted molar refractivity (Wildman–Crippen MR) is 111 cm³/mol. The maximum absolute atomic E-state index is 14.2. The summed E-state index contributed by atoms with van der Waals surface area (Å²) in [6, 6.07) is 16.8. The number of aryl methyl sites for hydroxylation is 1. The predicted octanol–water partition coefficient (Wildman–Crippen LogP) is 4.52. The van der Waals surface area contributed by atoms with E-state index < -0.39 is 21.7 Å². The summed E-state index contributed by atoms with van der Waals surface area (Å²) in [4.78, 5) is 12.2. The molecule has 0 bridgehead atoms. The minimum Gasteiger partial charge on any atom is -0.322 e. The summed E-state index contributed by atoms with van der Waals surface area (Å²) in [5.41, 5.74) is 1.82. The fourth-order valence-corrected chi connectivity index (χ4v) is 3.81. The third-order valence-corrected chi connectivity index (χ3v) is 5.80. The molecule has 0 aromatic heterocycles. The summed E-state index contributed by atoms with van der Waals surface area (Å²) < 4.78 is 41.8. The fraction of sp³-hybridized carbons (Fsp3) is 0.0952. The molecule has 2 N–H and O–H groups in total. The van der Waals surface area contributed by atoms with E-state index in [9.17, 15) is 17.6 Å². The Morgan fingerprint density at radius 2 is 1.76 bits per heavy atom. The van der Waals surface area contributed by atoms with Crippen LogP contribution in [0.2, 0.25) is 5.02 Å². The van der Waals surface area contributed by atoms with Gasteiger partial charge in [-0.05, 0) is 48.9 Å². The molecule has 0 spiro atoms. The number of carbonyl (C=O) groups is 1. The van der Waals surface area contributed by atoms with Gasteiger partial charge < -0.3 is 5.32 Å². The molecule has 0 aliphatic heterocycles. The van der Waals surface area contributed by atoms with Crippen molar-refractivity contribution in [2.75, 3.05) is 5.32 Å². The average Bonchev–Trinajstić information content (AvgIpc) is 2.67. The largest absolute Gasteiger partial charge is 0.322 e. The summed E-state index contributed by atoms with van der Waals surface area (Å²) >= 11 is 5.87. The van der Waals surface area contributed by atoms with Gasteiger partial charge in [-0.15, -0.1) is 0 Å². The molecule has 29 heavy (non-hydrogen) atoms. The smallest absolute Gasteiger partial charge is 0.258 e. The van der Waals surface area contributed by atoms with Crippen LogP contribution in [-0.4, -0.2) is 14.3 Å². The molecule has 3 aromatic rings. The number of sulfonamides is 1. The summed E-state index contributed by atoms with van der Waals surface area (Å²) in [7, 11) is -3.94. The van der Waals surface area contributed by atoms with Gasteiger partial charge >= 0.3 is 0 Å². The number of hydrogen-bond donors (Lipinski definition) is 2. The van der Waals surface area contributed by atoms with E-state index in [1.54, 1.807) is 18.2 Å². The minimum atomic E-state index is -3.94. The molecule has 3 rings (SSSR count). The van der Waals surface area contributed by atoms with Crippen molar-refractivity contribution in [3.05, 3.63) is 94.3 Å². The highest BCUT2D eigenvalue weighted by Crippen LogP contribution is 2.19. The molecule has 3 aromatic carbocycles. The maximum Gasteiger partial charge on any atom is 0.258 e. The van der Waals surface area contributed by atoms with Crippen LogP contribution in [0.1, 0.15) is 21.5 Å². The van der Waals surface area contributed by atoms with Gasteiger partial charge in [0, 0.05) is 17.3 Å². The first-order valence-corrected chi connectivity index (χ1v) is 10.5. The van der Waals surface area contributed by atoms with E-state index in [1.807, 2.05) is 31.2 Å². The highest BCUT2D eigenvalue weighted by atomic mass is 35.5. The zero-order chi connectivity index (χ0) is 21.0. The van der Waals surface area contributed by atoms with Gasteiger partial charge in [-0.25, -0.2) is 17.5 Å². The SMILES string of the molecule is Cc1ccc(CNS(=O)(=O)c2ccc(F)c(C(=O)Nc3cccc(Cl)c3)c2)cc1. The molecule has 1 amide bonds. The van der Waals surface area contributed by atoms with Crippen LogP contribution in [0.15, 0.2) is 71.6 Å². The molecule has 0 atom stereocenters. The lowest BCUT2D eigenvalue weighted by Gasteiger charge is -2.10. The van der Waals surface area contributed by atoms with Gasteiger partial charge in [-0.3, -0.25) is 4.79 Å². The first-order chi connectivity index (χ1) is 13.7. The first kappa shape index (κ1) is 21.0. The van der Waals surface area contributed by atoms with Crippen molar-refractivity contribution in [2.45, 2.75) is 18.4 Å². The highest BCUT2D eigenvalue weighted by molar-refractivity contribution is 7.89. The quantitative estimate of drug-likeness (QED) is 0.601. The van der Waals surface area contributed by atoms with Gasteiger partial charge in [-0.2, -0.15) is 0 Å². The summed E-state index contributed by atoms with van der Waals surface area (Å²) in [5, 5.41) is 2.91. The lowest BCUT2D eigenvalue weighted by atomic mass is 10.2. The lowest BCUT2D eigenvalue weighted by Crippen LogP contribution is -2.24. The second-order valence-electron chi connectivity index (χ2n) is 6.42. The standard InChI is InChI=1S/C21H18ClFN2O3S/c1-14-5-7-15(8-6-14)13-24-29(27,28)18-9-10-20(23)19(12-18)21(26)25-17-4-2-3-16(22)11-17/h2-12,24H,13H2,1H3,(H,25,26). The Bertz CT molecular complexity index is 1150. The van der Waals surface area contributed by atoms with Crippen molar-refractivity contribution in [1.29, 1.82) is 0 Å². The van der Waals surface area contributed by atoms with Crippen LogP contribution in [0.3, 0.4) is 0 Å². The van der Waals surface area contributed by atoms with Crippen LogP contribution in [0.25, 0.3) is 0 Å². The average molecular weight is 433 g/mol. The van der Waals surface area contributed by atoms with E-state index in [1.165, 1.54) is 6.07 Å². The molecular formula is C21H18ClFN2O3S. The Kier molecular flexibility index (Phi) is 6.32. The zero-order valence-corrected chi connectivity index (χ0v) is 17.0. The van der Waals surface area contributed by atoms with Crippen molar-refractivity contribution in [2.24, 2.45) is 0 Å². The van der Waals surface area contributed by atoms with E-state index in [-0.39, 0.29) is 17.0 Å². The van der Waals surface area contributed by atoms with Gasteiger partial charge in [-0.1, -0.05) is 47.5 Å². The second-order valence-corrected chi connectivity index (χ2v) is 8.62. The second kappa shape index (κ2) is 8.73. The molecule has 0 aliphatic rings. The number of halogens is 2. The topological polar surface area (TPSA) is 75.3 Å². The van der Waals surface area contributed by atoms with E-state index in [0.29, 0.717) is 10.7 Å². The van der Waals surface area contributed by atoms with E-state index in [2.05, 4.69) is 10.0 Å². The van der Waals surface area contributed by atoms with Crippen molar-refractivity contribution < 1.29 is 17.6 Å². The van der Waals surface area contributed by atoms with Gasteiger partial charge in [0.2, 0.25) is 10.0 Å². The van der Waals surface area contributed by atoms with Crippen molar-refractivity contribution in [3.63, 3.8) is 0 Å². The number of nitrogens with one attached hydrogen (secondary N) is 2. The number of anilines is 1. The molecule has 0 fully saturated rings. The molecule has 0 unspecified atom stereocenters. The van der Waals surface area contributed by atoms with E-state index >= 15 is 0 Å². The highest BCUT2D eigenvalue weighted by Gasteiger charge is 2.19. The monoisotopic (exact) mass is 432 g/mol. The number of carbonyl (C=O) groups excluding carboxylic acids is 1. The first-order valence-electron chi connectivity index (χ1n) is 8.66. The molecule has 8 heteroatoms. The maximum atomic E-state index is 14.2. The van der Waals surface area contributed by atoms with Crippen LogP contribution in [-0.2, 0) is 16.6 Å². The zero-order valence-electron chi connectivity index (χ0n) is 15.4. The third kappa shape index (κ3) is 5.41. The van der Waals surface area contributed by atoms with Gasteiger partial charge in [0.05, 0.1) is 10.5 Å². The van der Waals surface area contributed by atoms with Crippen LogP contribution < -0.4 is 10.0 Å². The van der Waals surface area contributed by atoms with Crippen molar-refractivity contribution >= 4 is 33.2 Å². The summed E-state index contributed by atoms with van der Waals surface area (Å²) in [5.74, 6) is -1.61. The number of benzene rings is 3. The molecule has 5 nitrogen and oxygen atoms in total. The number of amides is 1. The van der Waals surface area contributed by atoms with E-state index in [4.69, 9.17) is 11.6 Å². The molecule has 150 valence electrons. The van der Waals surface area contributed by atoms with Crippen LogP contribution in [0, 0.1) is 12.7 Å². The molecule has 0 aliphatic carbocycles. The Labute approximate surface area is 173 Å². The molecule has 0 heterocycles. The van der Waals surface area contributed by atoms with E-state index in [0.717, 1.165) is 29.3 Å². The van der Waals surface area contributed by atoms with Crippen LogP contribution in [0.5, 0.6) is 0 Å². The normalized spacial score (nSPS) is 11.3. The Morgan fingerprint density at radius 1 is 1.03 bits per heavy atom. The lowest BCUT2D eigenvalue weighted by molar-refractivity contribution is 0.102. The minimum absolute atomic E-state index is 0.0734. The fourth-order valence-electron chi connectivity index (χ4n) is 2.58. The Hall–Kier alpha value is -2.74. The van der Waals surface area contributed by atoms with Gasteiger partial charge in [0.15, 0.2) is 0 Å². The van der Waals surface area contributed by atoms with Crippen LogP contribution >= 0.6 is 11.6 Å². The number of rotatable bonds is 6. The molecule has 0 radical (unpaired) electrons. The third-order valence-electron chi connectivity index (χ3n) is 4.16. The molecular weight excluding hydrogens is 415 g/mol. The Balaban J connectivity index is 1.79. The van der Waals surface area contributed by atoms with Gasteiger partial charge in [0.1, 0.15) is 5.82 Å². The van der Waals surface area contributed by atoms with Crippen LogP contribution in [0.4, 0.5) is 10.1 Å². The van der Waals surface area contributed by atoms with Crippen molar-refractivity contribution in [3.8, 4) is 0 Å². The molecule has 0 saturated heterocycles.